The summed E-state index contributed by atoms with van der Waals surface area (Å²) in [6.07, 6.45) is 4.07. The van der Waals surface area contributed by atoms with Crippen LogP contribution in [0, 0.1) is 6.92 Å². The van der Waals surface area contributed by atoms with Crippen LogP contribution in [0.5, 0.6) is 11.5 Å². The number of aryl methyl sites for hydroxylation is 1. The molecule has 0 radical (unpaired) electrons. The van der Waals surface area contributed by atoms with Gasteiger partial charge in [0.05, 0.1) is 24.7 Å². The van der Waals surface area contributed by atoms with Gasteiger partial charge in [-0.05, 0) is 55.0 Å². The molecule has 0 aliphatic rings. The second-order valence-corrected chi connectivity index (χ2v) is 6.85. The fourth-order valence-corrected chi connectivity index (χ4v) is 3.38. The lowest BCUT2D eigenvalue weighted by atomic mass is 10.2. The largest absolute Gasteiger partial charge is 0.496 e. The zero-order chi connectivity index (χ0) is 20.1. The van der Waals surface area contributed by atoms with Gasteiger partial charge in [0.2, 0.25) is 0 Å². The highest BCUT2D eigenvalue weighted by molar-refractivity contribution is 5.80. The third kappa shape index (κ3) is 4.32. The van der Waals surface area contributed by atoms with Crippen LogP contribution in [0.2, 0.25) is 0 Å². The minimum Gasteiger partial charge on any atom is -0.496 e. The highest BCUT2D eigenvalue weighted by Crippen LogP contribution is 2.22. The van der Waals surface area contributed by atoms with Crippen LogP contribution >= 0.6 is 0 Å². The number of hydrogen-bond donors (Lipinski definition) is 0. The molecule has 29 heavy (non-hydrogen) atoms. The van der Waals surface area contributed by atoms with E-state index in [0.717, 1.165) is 33.9 Å². The number of benzene rings is 3. The Morgan fingerprint density at radius 1 is 0.931 bits per heavy atom. The molecule has 4 aromatic rings. The van der Waals surface area contributed by atoms with E-state index in [1.807, 2.05) is 66.7 Å². The molecule has 0 fully saturated rings. The van der Waals surface area contributed by atoms with Gasteiger partial charge in [0, 0.05) is 5.56 Å². The van der Waals surface area contributed by atoms with E-state index in [0.29, 0.717) is 13.2 Å². The number of para-hydroxylation sites is 3. The quantitative estimate of drug-likeness (QED) is 0.416. The van der Waals surface area contributed by atoms with Crippen molar-refractivity contribution >= 4 is 23.2 Å². The van der Waals surface area contributed by atoms with E-state index in [2.05, 4.69) is 29.7 Å². The molecule has 3 aromatic carbocycles. The summed E-state index contributed by atoms with van der Waals surface area (Å²) in [5.41, 5.74) is 4.28. The molecule has 0 atom stereocenters. The van der Waals surface area contributed by atoms with Gasteiger partial charge >= 0.3 is 0 Å². The van der Waals surface area contributed by atoms with Gasteiger partial charge in [-0.25, -0.2) is 4.98 Å². The van der Waals surface area contributed by atoms with Gasteiger partial charge in [0.1, 0.15) is 23.9 Å². The van der Waals surface area contributed by atoms with Gasteiger partial charge in [-0.2, -0.15) is 0 Å². The summed E-state index contributed by atoms with van der Waals surface area (Å²) in [6, 6.07) is 24.2. The van der Waals surface area contributed by atoms with Crippen molar-refractivity contribution in [3.05, 3.63) is 89.7 Å². The van der Waals surface area contributed by atoms with Crippen molar-refractivity contribution in [1.29, 1.82) is 0 Å². The molecule has 146 valence electrons. The SMILES string of the molecule is COc1ccccc1/C=C/c1nc2ccccc2n1CCOc1cccc(C)c1. The van der Waals surface area contributed by atoms with E-state index >= 15 is 0 Å². The zero-order valence-corrected chi connectivity index (χ0v) is 16.7. The highest BCUT2D eigenvalue weighted by Gasteiger charge is 2.09. The van der Waals surface area contributed by atoms with Crippen molar-refractivity contribution in [2.45, 2.75) is 13.5 Å². The number of rotatable bonds is 7. The number of fused-ring (bicyclic) bond motifs is 1. The summed E-state index contributed by atoms with van der Waals surface area (Å²) in [7, 11) is 1.69. The van der Waals surface area contributed by atoms with Crippen LogP contribution in [-0.2, 0) is 6.54 Å². The van der Waals surface area contributed by atoms with Gasteiger partial charge in [-0.15, -0.1) is 0 Å². The number of imidazole rings is 1. The van der Waals surface area contributed by atoms with Crippen molar-refractivity contribution in [1.82, 2.24) is 9.55 Å². The summed E-state index contributed by atoms with van der Waals surface area (Å²) in [5.74, 6) is 2.62. The maximum absolute atomic E-state index is 5.97. The molecule has 4 nitrogen and oxygen atoms in total. The Morgan fingerprint density at radius 3 is 2.62 bits per heavy atom. The van der Waals surface area contributed by atoms with Crippen LogP contribution in [0.15, 0.2) is 72.8 Å². The lowest BCUT2D eigenvalue weighted by Crippen LogP contribution is -2.09. The van der Waals surface area contributed by atoms with Crippen LogP contribution in [0.4, 0.5) is 0 Å². The van der Waals surface area contributed by atoms with E-state index in [1.54, 1.807) is 7.11 Å². The monoisotopic (exact) mass is 384 g/mol. The maximum Gasteiger partial charge on any atom is 0.133 e. The number of methoxy groups -OCH3 is 1. The molecule has 0 aliphatic heterocycles. The molecule has 4 heteroatoms. The molecule has 0 spiro atoms. The summed E-state index contributed by atoms with van der Waals surface area (Å²) in [6.45, 7) is 3.34. The van der Waals surface area contributed by atoms with E-state index in [-0.39, 0.29) is 0 Å². The van der Waals surface area contributed by atoms with Crippen molar-refractivity contribution in [2.75, 3.05) is 13.7 Å². The van der Waals surface area contributed by atoms with E-state index in [1.165, 1.54) is 5.56 Å². The number of aromatic nitrogens is 2. The van der Waals surface area contributed by atoms with Gasteiger partial charge in [-0.3, -0.25) is 0 Å². The van der Waals surface area contributed by atoms with E-state index in [4.69, 9.17) is 14.5 Å². The minimum atomic E-state index is 0.569. The molecule has 0 unspecified atom stereocenters. The molecule has 0 bridgehead atoms. The first kappa shape index (κ1) is 18.8. The Hall–Kier alpha value is -3.53. The molecular formula is C25H24N2O2. The fourth-order valence-electron chi connectivity index (χ4n) is 3.38. The van der Waals surface area contributed by atoms with Gasteiger partial charge in [0.15, 0.2) is 0 Å². The van der Waals surface area contributed by atoms with Crippen LogP contribution in [0.1, 0.15) is 17.0 Å². The second-order valence-electron chi connectivity index (χ2n) is 6.85. The molecular weight excluding hydrogens is 360 g/mol. The normalized spacial score (nSPS) is 11.2. The van der Waals surface area contributed by atoms with Crippen LogP contribution in [0.25, 0.3) is 23.2 Å². The van der Waals surface area contributed by atoms with E-state index in [9.17, 15) is 0 Å². The molecule has 0 N–H and O–H groups in total. The van der Waals surface area contributed by atoms with E-state index < -0.39 is 0 Å². The molecule has 1 aromatic heterocycles. The van der Waals surface area contributed by atoms with Crippen molar-refractivity contribution in [2.24, 2.45) is 0 Å². The van der Waals surface area contributed by atoms with Crippen molar-refractivity contribution < 1.29 is 9.47 Å². The molecule has 0 aliphatic carbocycles. The summed E-state index contributed by atoms with van der Waals surface area (Å²) >= 11 is 0. The Labute approximate surface area is 171 Å². The second kappa shape index (κ2) is 8.65. The number of ether oxygens (including phenoxy) is 2. The third-order valence-corrected chi connectivity index (χ3v) is 4.81. The van der Waals surface area contributed by atoms with Gasteiger partial charge < -0.3 is 14.0 Å². The Morgan fingerprint density at radius 2 is 1.76 bits per heavy atom. The lowest BCUT2D eigenvalue weighted by molar-refractivity contribution is 0.299. The van der Waals surface area contributed by atoms with Crippen LogP contribution < -0.4 is 9.47 Å². The molecule has 4 rings (SSSR count). The summed E-state index contributed by atoms with van der Waals surface area (Å²) in [4.78, 5) is 4.80. The van der Waals surface area contributed by atoms with Crippen LogP contribution in [-0.4, -0.2) is 23.3 Å². The average molecular weight is 384 g/mol. The van der Waals surface area contributed by atoms with Gasteiger partial charge in [-0.1, -0.05) is 42.5 Å². The fraction of sp³-hybridized carbons (Fsp3) is 0.160. The molecule has 0 saturated heterocycles. The predicted octanol–water partition coefficient (Wildman–Crippen LogP) is 5.60. The average Bonchev–Trinajstić information content (AvgIpc) is 3.10. The van der Waals surface area contributed by atoms with Crippen LogP contribution in [0.3, 0.4) is 0 Å². The van der Waals surface area contributed by atoms with Gasteiger partial charge in [0.25, 0.3) is 0 Å². The topological polar surface area (TPSA) is 36.3 Å². The first-order valence-corrected chi connectivity index (χ1v) is 9.70. The third-order valence-electron chi connectivity index (χ3n) is 4.81. The molecule has 1 heterocycles. The summed E-state index contributed by atoms with van der Waals surface area (Å²) < 4.78 is 13.6. The van der Waals surface area contributed by atoms with Crippen molar-refractivity contribution in [3.8, 4) is 11.5 Å². The Kier molecular flexibility index (Phi) is 5.61. The predicted molar refractivity (Wildman–Crippen MR) is 118 cm³/mol. The Bertz CT molecular complexity index is 1140. The number of nitrogens with zero attached hydrogens (tertiary/aromatic N) is 2. The lowest BCUT2D eigenvalue weighted by Gasteiger charge is -2.10. The first-order valence-electron chi connectivity index (χ1n) is 9.70. The van der Waals surface area contributed by atoms with Crippen molar-refractivity contribution in [3.63, 3.8) is 0 Å². The standard InChI is InChI=1S/C25H24N2O2/c1-19-8-7-10-21(18-19)29-17-16-27-23-12-5-4-11-22(23)26-25(27)15-14-20-9-3-6-13-24(20)28-2/h3-15,18H,16-17H2,1-2H3/b15-14+. The first-order chi connectivity index (χ1) is 14.2. The minimum absolute atomic E-state index is 0.569. The molecule has 0 saturated carbocycles. The maximum atomic E-state index is 5.97. The Balaban J connectivity index is 1.59. The smallest absolute Gasteiger partial charge is 0.133 e. The summed E-state index contributed by atoms with van der Waals surface area (Å²) in [5, 5.41) is 0. The molecule has 0 amide bonds. The zero-order valence-electron chi connectivity index (χ0n) is 16.7. The highest BCUT2D eigenvalue weighted by atomic mass is 16.5. The number of hydrogen-bond acceptors (Lipinski definition) is 3.